The van der Waals surface area contributed by atoms with Gasteiger partial charge in [-0.05, 0) is 150 Å². The number of H-pyrrole nitrogens is 1. The molecule has 3 unspecified atom stereocenters. The van der Waals surface area contributed by atoms with Crippen LogP contribution in [0.5, 0.6) is 0 Å². The van der Waals surface area contributed by atoms with Gasteiger partial charge in [0.2, 0.25) is 0 Å². The fraction of sp³-hybridized carbons (Fsp3) is 0.600. The summed E-state index contributed by atoms with van der Waals surface area (Å²) in [6, 6.07) is 11.6. The molecule has 6 heteroatoms. The van der Waals surface area contributed by atoms with E-state index in [1.54, 1.807) is 0 Å². The zero-order valence-electron chi connectivity index (χ0n) is 29.2. The molecule has 0 spiro atoms. The summed E-state index contributed by atoms with van der Waals surface area (Å²) in [6.45, 7) is 17.6. The van der Waals surface area contributed by atoms with Crippen LogP contribution in [0.2, 0.25) is 0 Å². The quantitative estimate of drug-likeness (QED) is 0.307. The van der Waals surface area contributed by atoms with Gasteiger partial charge in [0.15, 0.2) is 0 Å². The molecule has 2 aromatic rings. The molecule has 248 valence electrons. The minimum Gasteiger partial charge on any atom is -0.348 e. The van der Waals surface area contributed by atoms with Crippen molar-refractivity contribution in [3.8, 4) is 0 Å². The number of nitrogens with one attached hydrogen (secondary N) is 2. The van der Waals surface area contributed by atoms with Gasteiger partial charge in [0.05, 0.1) is 0 Å². The van der Waals surface area contributed by atoms with Crippen molar-refractivity contribution in [2.24, 2.45) is 17.8 Å². The number of rotatable bonds is 9. The number of likely N-dealkylation sites (tertiary alicyclic amines) is 1. The van der Waals surface area contributed by atoms with Crippen LogP contribution in [0.25, 0.3) is 5.57 Å². The van der Waals surface area contributed by atoms with E-state index in [-0.39, 0.29) is 23.6 Å². The van der Waals surface area contributed by atoms with Crippen LogP contribution in [0, 0.1) is 31.6 Å². The molecule has 46 heavy (non-hydrogen) atoms. The molecule has 0 bridgehead atoms. The first-order valence-corrected chi connectivity index (χ1v) is 18.0. The van der Waals surface area contributed by atoms with E-state index >= 15 is 0 Å². The van der Waals surface area contributed by atoms with E-state index in [0.29, 0.717) is 11.6 Å². The maximum absolute atomic E-state index is 14.1. The summed E-state index contributed by atoms with van der Waals surface area (Å²) in [5.74, 6) is 2.55. The SMILES string of the molecule is CCN(C1CCC2CC2CC1)C1(C)CC(c2ccc(CN3CCC[C@H](C)C3)cc2)=CC(C(=O)NCc2c(C)cc(C)[nH]c2=O)=C1C. The van der Waals surface area contributed by atoms with Gasteiger partial charge >= 0.3 is 0 Å². The largest absolute Gasteiger partial charge is 0.348 e. The molecule has 3 aliphatic carbocycles. The van der Waals surface area contributed by atoms with Gasteiger partial charge in [-0.1, -0.05) is 38.1 Å². The summed E-state index contributed by atoms with van der Waals surface area (Å²) in [6.07, 6.45) is 12.2. The number of benzene rings is 1. The predicted molar refractivity (Wildman–Crippen MR) is 188 cm³/mol. The number of aryl methyl sites for hydroxylation is 2. The van der Waals surface area contributed by atoms with E-state index in [0.717, 1.165) is 59.7 Å². The number of piperidine rings is 1. The first-order valence-electron chi connectivity index (χ1n) is 18.0. The Labute approximate surface area is 276 Å². The fourth-order valence-corrected chi connectivity index (χ4v) is 9.04. The second kappa shape index (κ2) is 13.6. The molecule has 3 fully saturated rings. The van der Waals surface area contributed by atoms with Gasteiger partial charge in [0.1, 0.15) is 0 Å². The number of likely N-dealkylation sites (N-methyl/N-ethyl adjacent to an activating group) is 1. The summed E-state index contributed by atoms with van der Waals surface area (Å²) in [5, 5.41) is 3.14. The third kappa shape index (κ3) is 6.99. The molecular weight excluding hydrogens is 568 g/mol. The first-order chi connectivity index (χ1) is 22.0. The van der Waals surface area contributed by atoms with Gasteiger partial charge in [0, 0.05) is 48.0 Å². The van der Waals surface area contributed by atoms with Crippen molar-refractivity contribution < 1.29 is 4.79 Å². The lowest BCUT2D eigenvalue weighted by Crippen LogP contribution is -2.54. The highest BCUT2D eigenvalue weighted by Crippen LogP contribution is 2.50. The Hall–Kier alpha value is -2.96. The van der Waals surface area contributed by atoms with E-state index in [4.69, 9.17) is 0 Å². The Morgan fingerprint density at radius 2 is 1.78 bits per heavy atom. The second-order valence-electron chi connectivity index (χ2n) is 15.3. The van der Waals surface area contributed by atoms with Crippen molar-refractivity contribution in [1.29, 1.82) is 0 Å². The number of pyridine rings is 1. The Morgan fingerprint density at radius 1 is 1.07 bits per heavy atom. The number of nitrogens with zero attached hydrogens (tertiary/aromatic N) is 2. The minimum absolute atomic E-state index is 0.102. The fourth-order valence-electron chi connectivity index (χ4n) is 9.04. The van der Waals surface area contributed by atoms with Gasteiger partial charge < -0.3 is 10.3 Å². The molecule has 1 aromatic carbocycles. The highest BCUT2D eigenvalue weighted by Gasteiger charge is 2.45. The lowest BCUT2D eigenvalue weighted by atomic mass is 9.74. The number of hydrogen-bond acceptors (Lipinski definition) is 4. The van der Waals surface area contributed by atoms with E-state index in [1.807, 2.05) is 19.9 Å². The van der Waals surface area contributed by atoms with Crippen LogP contribution in [0.4, 0.5) is 0 Å². The van der Waals surface area contributed by atoms with Crippen LogP contribution in [-0.4, -0.2) is 51.9 Å². The maximum Gasteiger partial charge on any atom is 0.253 e. The average Bonchev–Trinajstić information content (AvgIpc) is 3.80. The summed E-state index contributed by atoms with van der Waals surface area (Å²) < 4.78 is 0. The molecule has 4 atom stereocenters. The van der Waals surface area contributed by atoms with E-state index in [1.165, 1.54) is 74.7 Å². The minimum atomic E-state index is -0.273. The number of hydrogen-bond donors (Lipinski definition) is 2. The number of carbonyl (C=O) groups excluding carboxylic acids is 1. The molecule has 6 rings (SSSR count). The summed E-state index contributed by atoms with van der Waals surface area (Å²) in [4.78, 5) is 35.0. The van der Waals surface area contributed by atoms with E-state index in [9.17, 15) is 9.59 Å². The number of aromatic amines is 1. The smallest absolute Gasteiger partial charge is 0.253 e. The zero-order valence-corrected chi connectivity index (χ0v) is 29.2. The normalized spacial score (nSPS) is 28.5. The number of amides is 1. The molecule has 2 N–H and O–H groups in total. The number of fused-ring (bicyclic) bond motifs is 1. The third-order valence-electron chi connectivity index (χ3n) is 11.9. The van der Waals surface area contributed by atoms with Gasteiger partial charge in [-0.15, -0.1) is 0 Å². The molecule has 4 aliphatic rings. The standard InChI is InChI=1S/C40H56N4O2/c1-7-44(35-16-14-32-20-33(32)15-17-35)40(6)22-34(31-12-10-30(11-13-31)25-43-18-8-9-26(2)24-43)21-36(29(40)5)38(45)41-23-37-27(3)19-28(4)42-39(37)46/h10-13,19,21,26,32-33,35H,7-9,14-18,20,22-25H2,1-6H3,(H,41,45)(H,42,46)/t26-,32?,33?,35?,40?/m0/s1. The lowest BCUT2D eigenvalue weighted by Gasteiger charge is -2.49. The van der Waals surface area contributed by atoms with Crippen molar-refractivity contribution >= 4 is 11.5 Å². The Morgan fingerprint density at radius 3 is 2.43 bits per heavy atom. The molecule has 0 radical (unpaired) electrons. The van der Waals surface area contributed by atoms with Crippen LogP contribution in [0.3, 0.4) is 0 Å². The van der Waals surface area contributed by atoms with E-state index in [2.05, 4.69) is 78.1 Å². The molecule has 2 saturated carbocycles. The van der Waals surface area contributed by atoms with Crippen LogP contribution < -0.4 is 10.9 Å². The van der Waals surface area contributed by atoms with Crippen molar-refractivity contribution in [1.82, 2.24) is 20.1 Å². The summed E-state index contributed by atoms with van der Waals surface area (Å²) >= 11 is 0. The van der Waals surface area contributed by atoms with Gasteiger partial charge in [-0.2, -0.15) is 0 Å². The first kappa shape index (κ1) is 33.0. The number of aromatic nitrogens is 1. The topological polar surface area (TPSA) is 68.4 Å². The zero-order chi connectivity index (χ0) is 32.6. The van der Waals surface area contributed by atoms with Crippen molar-refractivity contribution in [3.05, 3.63) is 85.9 Å². The van der Waals surface area contributed by atoms with E-state index < -0.39 is 0 Å². The average molecular weight is 625 g/mol. The van der Waals surface area contributed by atoms with Crippen LogP contribution in [0.15, 0.2) is 52.3 Å². The summed E-state index contributed by atoms with van der Waals surface area (Å²) in [7, 11) is 0. The molecule has 1 aromatic heterocycles. The molecule has 1 aliphatic heterocycles. The Bertz CT molecular complexity index is 1540. The Kier molecular flexibility index (Phi) is 9.78. The highest BCUT2D eigenvalue weighted by molar-refractivity contribution is 6.00. The van der Waals surface area contributed by atoms with Crippen molar-refractivity contribution in [2.45, 2.75) is 118 Å². The molecule has 6 nitrogen and oxygen atoms in total. The molecular formula is C40H56N4O2. The summed E-state index contributed by atoms with van der Waals surface area (Å²) in [5.41, 5.74) is 7.60. The lowest BCUT2D eigenvalue weighted by molar-refractivity contribution is -0.117. The predicted octanol–water partition coefficient (Wildman–Crippen LogP) is 7.30. The van der Waals surface area contributed by atoms with Crippen LogP contribution in [-0.2, 0) is 17.9 Å². The number of carbonyl (C=O) groups is 1. The van der Waals surface area contributed by atoms with Gasteiger partial charge in [-0.3, -0.25) is 19.4 Å². The second-order valence-corrected chi connectivity index (χ2v) is 15.3. The maximum atomic E-state index is 14.1. The Balaban J connectivity index is 1.29. The van der Waals surface area contributed by atoms with Gasteiger partial charge in [-0.25, -0.2) is 0 Å². The molecule has 1 saturated heterocycles. The van der Waals surface area contributed by atoms with Crippen molar-refractivity contribution in [2.75, 3.05) is 19.6 Å². The third-order valence-corrected chi connectivity index (χ3v) is 11.9. The van der Waals surface area contributed by atoms with Gasteiger partial charge in [0.25, 0.3) is 11.5 Å². The molecule has 2 heterocycles. The van der Waals surface area contributed by atoms with Crippen LogP contribution >= 0.6 is 0 Å². The van der Waals surface area contributed by atoms with Crippen LogP contribution in [0.1, 0.15) is 107 Å². The highest BCUT2D eigenvalue weighted by atomic mass is 16.2. The monoisotopic (exact) mass is 624 g/mol. The van der Waals surface area contributed by atoms with Crippen molar-refractivity contribution in [3.63, 3.8) is 0 Å². The molecule has 1 amide bonds.